The molecule has 0 atom stereocenters. The fourth-order valence-corrected chi connectivity index (χ4v) is 2.56. The van der Waals surface area contributed by atoms with Gasteiger partial charge in [-0.05, 0) is 36.6 Å². The molecule has 0 unspecified atom stereocenters. The van der Waals surface area contributed by atoms with Crippen molar-refractivity contribution < 1.29 is 14.7 Å². The molecule has 110 valence electrons. The van der Waals surface area contributed by atoms with Crippen LogP contribution in [0.25, 0.3) is 6.08 Å². The van der Waals surface area contributed by atoms with Crippen molar-refractivity contribution in [2.75, 3.05) is 20.1 Å². The van der Waals surface area contributed by atoms with Crippen LogP contribution in [0.1, 0.15) is 23.8 Å². The summed E-state index contributed by atoms with van der Waals surface area (Å²) >= 11 is 1.56. The number of carboxylic acid groups (broad SMARTS) is 1. The summed E-state index contributed by atoms with van der Waals surface area (Å²) in [5.41, 5.74) is 0.872. The van der Waals surface area contributed by atoms with Crippen molar-refractivity contribution in [3.63, 3.8) is 0 Å². The number of likely N-dealkylation sites (N-methyl/N-ethyl adjacent to an activating group) is 1. The van der Waals surface area contributed by atoms with Gasteiger partial charge in [0, 0.05) is 24.0 Å². The molecule has 0 bridgehead atoms. The number of hydrogen-bond acceptors (Lipinski definition) is 4. The molecule has 6 heteroatoms. The molecule has 0 aliphatic heterocycles. The highest BCUT2D eigenvalue weighted by Gasteiger charge is 2.07. The van der Waals surface area contributed by atoms with E-state index in [4.69, 9.17) is 5.11 Å². The third-order valence-corrected chi connectivity index (χ3v) is 3.44. The number of carboxylic acids is 1. The first-order valence-corrected chi connectivity index (χ1v) is 7.33. The molecule has 0 aliphatic carbocycles. The van der Waals surface area contributed by atoms with Crippen molar-refractivity contribution in [1.82, 2.24) is 10.2 Å². The van der Waals surface area contributed by atoms with Gasteiger partial charge in [0.15, 0.2) is 0 Å². The Kier molecular flexibility index (Phi) is 6.97. The highest BCUT2D eigenvalue weighted by Crippen LogP contribution is 2.17. The number of aliphatic carboxylic acids is 1. The third kappa shape index (κ3) is 6.49. The fraction of sp³-hybridized carbons (Fsp3) is 0.429. The SMILES string of the molecule is CCCNC(=O)CN(C)Cc1cc(C=CC(=O)O)cs1. The number of amides is 1. The Bertz CT molecular complexity index is 483. The zero-order valence-corrected chi connectivity index (χ0v) is 12.6. The van der Waals surface area contributed by atoms with Gasteiger partial charge in [-0.2, -0.15) is 0 Å². The average molecular weight is 296 g/mol. The number of thiophene rings is 1. The van der Waals surface area contributed by atoms with E-state index in [1.807, 2.05) is 30.3 Å². The van der Waals surface area contributed by atoms with E-state index in [9.17, 15) is 9.59 Å². The first-order valence-electron chi connectivity index (χ1n) is 6.45. The lowest BCUT2D eigenvalue weighted by Gasteiger charge is -2.14. The molecule has 0 saturated heterocycles. The lowest BCUT2D eigenvalue weighted by atomic mass is 10.3. The predicted molar refractivity (Wildman–Crippen MR) is 80.6 cm³/mol. The molecule has 0 saturated carbocycles. The second kappa shape index (κ2) is 8.50. The fourth-order valence-electron chi connectivity index (χ4n) is 1.62. The molecule has 0 aromatic carbocycles. The number of rotatable bonds is 8. The van der Waals surface area contributed by atoms with Crippen LogP contribution in [0.5, 0.6) is 0 Å². The minimum absolute atomic E-state index is 0.0249. The predicted octanol–water partition coefficient (Wildman–Crippen LogP) is 1.80. The maximum absolute atomic E-state index is 11.6. The van der Waals surface area contributed by atoms with Crippen molar-refractivity contribution in [2.45, 2.75) is 19.9 Å². The van der Waals surface area contributed by atoms with Crippen molar-refractivity contribution in [1.29, 1.82) is 0 Å². The Morgan fingerprint density at radius 1 is 1.50 bits per heavy atom. The molecular formula is C14H20N2O3S. The van der Waals surface area contributed by atoms with Gasteiger partial charge in [0.05, 0.1) is 6.54 Å². The molecule has 0 fully saturated rings. The Hall–Kier alpha value is -1.66. The molecule has 0 radical (unpaired) electrons. The molecule has 1 heterocycles. The van der Waals surface area contributed by atoms with E-state index in [1.54, 1.807) is 17.4 Å². The van der Waals surface area contributed by atoms with Crippen LogP contribution in [0.4, 0.5) is 0 Å². The molecule has 1 aromatic rings. The van der Waals surface area contributed by atoms with Gasteiger partial charge >= 0.3 is 5.97 Å². The highest BCUT2D eigenvalue weighted by atomic mass is 32.1. The van der Waals surface area contributed by atoms with E-state index in [1.165, 1.54) is 0 Å². The molecule has 5 nitrogen and oxygen atoms in total. The molecule has 1 amide bonds. The minimum atomic E-state index is -0.956. The topological polar surface area (TPSA) is 69.6 Å². The van der Waals surface area contributed by atoms with Crippen LogP contribution < -0.4 is 5.32 Å². The lowest BCUT2D eigenvalue weighted by molar-refractivity contribution is -0.131. The van der Waals surface area contributed by atoms with E-state index < -0.39 is 5.97 Å². The minimum Gasteiger partial charge on any atom is -0.478 e. The number of hydrogen-bond donors (Lipinski definition) is 2. The van der Waals surface area contributed by atoms with E-state index >= 15 is 0 Å². The standard InChI is InChI=1S/C14H20N2O3S/c1-3-6-15-13(17)9-16(2)8-12-7-11(10-20-12)4-5-14(18)19/h4-5,7,10H,3,6,8-9H2,1-2H3,(H,15,17)(H,18,19). The molecule has 1 aromatic heterocycles. The molecule has 2 N–H and O–H groups in total. The summed E-state index contributed by atoms with van der Waals surface area (Å²) in [6.45, 7) is 3.75. The Morgan fingerprint density at radius 2 is 2.25 bits per heavy atom. The maximum Gasteiger partial charge on any atom is 0.328 e. The molecule has 1 rings (SSSR count). The summed E-state index contributed by atoms with van der Waals surface area (Å²) < 4.78 is 0. The van der Waals surface area contributed by atoms with Crippen LogP contribution >= 0.6 is 11.3 Å². The quantitative estimate of drug-likeness (QED) is 0.718. The van der Waals surface area contributed by atoms with Gasteiger partial charge in [0.1, 0.15) is 0 Å². The number of nitrogens with zero attached hydrogens (tertiary/aromatic N) is 1. The smallest absolute Gasteiger partial charge is 0.328 e. The first-order chi connectivity index (χ1) is 9.51. The van der Waals surface area contributed by atoms with E-state index in [2.05, 4.69) is 5.32 Å². The summed E-state index contributed by atoms with van der Waals surface area (Å²) in [7, 11) is 1.89. The summed E-state index contributed by atoms with van der Waals surface area (Å²) in [4.78, 5) is 25.0. The van der Waals surface area contributed by atoms with Crippen LogP contribution in [-0.2, 0) is 16.1 Å². The normalized spacial score (nSPS) is 11.2. The number of nitrogens with one attached hydrogen (secondary N) is 1. The molecule has 0 spiro atoms. The summed E-state index contributed by atoms with van der Waals surface area (Å²) in [5.74, 6) is -0.931. The van der Waals surface area contributed by atoms with Gasteiger partial charge in [-0.1, -0.05) is 6.92 Å². The van der Waals surface area contributed by atoms with E-state index in [0.29, 0.717) is 19.6 Å². The highest BCUT2D eigenvalue weighted by molar-refractivity contribution is 7.10. The number of carbonyl (C=O) groups is 2. The van der Waals surface area contributed by atoms with Crippen LogP contribution in [0.2, 0.25) is 0 Å². The maximum atomic E-state index is 11.6. The second-order valence-corrected chi connectivity index (χ2v) is 5.54. The Morgan fingerprint density at radius 3 is 2.90 bits per heavy atom. The van der Waals surface area contributed by atoms with Crippen LogP contribution in [0.3, 0.4) is 0 Å². The van der Waals surface area contributed by atoms with E-state index in [-0.39, 0.29) is 5.91 Å². The molecular weight excluding hydrogens is 276 g/mol. The van der Waals surface area contributed by atoms with E-state index in [0.717, 1.165) is 22.9 Å². The first kappa shape index (κ1) is 16.4. The van der Waals surface area contributed by atoms with Crippen LogP contribution in [0, 0.1) is 0 Å². The number of carbonyl (C=O) groups excluding carboxylic acids is 1. The summed E-state index contributed by atoms with van der Waals surface area (Å²) in [6, 6.07) is 1.94. The van der Waals surface area contributed by atoms with Gasteiger partial charge in [0.25, 0.3) is 0 Å². The Balaban J connectivity index is 2.44. The van der Waals surface area contributed by atoms with Gasteiger partial charge in [-0.15, -0.1) is 11.3 Å². The Labute approximate surface area is 122 Å². The summed E-state index contributed by atoms with van der Waals surface area (Å²) in [5, 5.41) is 13.3. The lowest BCUT2D eigenvalue weighted by Crippen LogP contribution is -2.35. The van der Waals surface area contributed by atoms with Crippen molar-refractivity contribution in [2.24, 2.45) is 0 Å². The van der Waals surface area contributed by atoms with Crippen LogP contribution in [0.15, 0.2) is 17.5 Å². The largest absolute Gasteiger partial charge is 0.478 e. The zero-order valence-electron chi connectivity index (χ0n) is 11.8. The van der Waals surface area contributed by atoms with Gasteiger partial charge in [-0.3, -0.25) is 9.69 Å². The van der Waals surface area contributed by atoms with Gasteiger partial charge in [-0.25, -0.2) is 4.79 Å². The zero-order chi connectivity index (χ0) is 15.0. The molecule has 20 heavy (non-hydrogen) atoms. The van der Waals surface area contributed by atoms with Crippen molar-refractivity contribution in [3.05, 3.63) is 28.0 Å². The van der Waals surface area contributed by atoms with Gasteiger partial charge in [0.2, 0.25) is 5.91 Å². The van der Waals surface area contributed by atoms with Gasteiger partial charge < -0.3 is 10.4 Å². The van der Waals surface area contributed by atoms with Crippen molar-refractivity contribution in [3.8, 4) is 0 Å². The summed E-state index contributed by atoms with van der Waals surface area (Å²) in [6.07, 6.45) is 3.61. The van der Waals surface area contributed by atoms with Crippen molar-refractivity contribution >= 4 is 29.3 Å². The second-order valence-electron chi connectivity index (χ2n) is 4.54. The monoisotopic (exact) mass is 296 g/mol. The third-order valence-electron chi connectivity index (χ3n) is 2.50. The molecule has 0 aliphatic rings. The van der Waals surface area contributed by atoms with Crippen LogP contribution in [-0.4, -0.2) is 42.0 Å². The average Bonchev–Trinajstić information content (AvgIpc) is 2.81.